The number of nitrogens with one attached hydrogen (secondary N) is 1. The van der Waals surface area contributed by atoms with E-state index in [1.165, 1.54) is 0 Å². The Morgan fingerprint density at radius 1 is 1.42 bits per heavy atom. The van der Waals surface area contributed by atoms with Crippen LogP contribution in [-0.2, 0) is 0 Å². The standard InChI is InChI=1S/C9H14N2O/c1-7(2)12-8-4-5-9(10-3)11-6-8/h4-7H,1-3H3,(H,10,11). The minimum atomic E-state index is 0.201. The number of hydrogen-bond acceptors (Lipinski definition) is 3. The number of nitrogens with zero attached hydrogens (tertiary/aromatic N) is 1. The second-order valence-electron chi connectivity index (χ2n) is 2.80. The van der Waals surface area contributed by atoms with Gasteiger partial charge >= 0.3 is 0 Å². The third kappa shape index (κ3) is 2.42. The summed E-state index contributed by atoms with van der Waals surface area (Å²) in [6, 6.07) is 3.79. The molecule has 0 spiro atoms. The highest BCUT2D eigenvalue weighted by atomic mass is 16.5. The molecule has 1 rings (SSSR count). The summed E-state index contributed by atoms with van der Waals surface area (Å²) < 4.78 is 5.42. The molecule has 0 aliphatic heterocycles. The van der Waals surface area contributed by atoms with Crippen LogP contribution in [0.5, 0.6) is 5.75 Å². The van der Waals surface area contributed by atoms with E-state index in [1.54, 1.807) is 6.20 Å². The molecule has 66 valence electrons. The lowest BCUT2D eigenvalue weighted by Crippen LogP contribution is -2.05. The van der Waals surface area contributed by atoms with E-state index in [4.69, 9.17) is 4.74 Å². The third-order valence-electron chi connectivity index (χ3n) is 1.36. The Morgan fingerprint density at radius 3 is 2.58 bits per heavy atom. The minimum absolute atomic E-state index is 0.201. The van der Waals surface area contributed by atoms with Crippen LogP contribution in [-0.4, -0.2) is 18.1 Å². The fourth-order valence-corrected chi connectivity index (χ4v) is 0.870. The molecule has 3 heteroatoms. The molecule has 12 heavy (non-hydrogen) atoms. The number of anilines is 1. The first-order valence-electron chi connectivity index (χ1n) is 4.03. The summed E-state index contributed by atoms with van der Waals surface area (Å²) in [6.45, 7) is 3.98. The van der Waals surface area contributed by atoms with Gasteiger partial charge in [0.15, 0.2) is 0 Å². The Balaban J connectivity index is 2.65. The first-order valence-corrected chi connectivity index (χ1v) is 4.03. The highest BCUT2D eigenvalue weighted by molar-refractivity contribution is 5.36. The summed E-state index contributed by atoms with van der Waals surface area (Å²) >= 11 is 0. The summed E-state index contributed by atoms with van der Waals surface area (Å²) in [4.78, 5) is 4.11. The van der Waals surface area contributed by atoms with Crippen molar-refractivity contribution in [3.8, 4) is 5.75 Å². The Bertz CT molecular complexity index is 231. The number of ether oxygens (including phenoxy) is 1. The van der Waals surface area contributed by atoms with Crippen molar-refractivity contribution in [1.82, 2.24) is 4.98 Å². The Kier molecular flexibility index (Phi) is 2.91. The first kappa shape index (κ1) is 8.84. The second-order valence-corrected chi connectivity index (χ2v) is 2.80. The number of aromatic nitrogens is 1. The second kappa shape index (κ2) is 3.95. The van der Waals surface area contributed by atoms with E-state index in [-0.39, 0.29) is 6.10 Å². The van der Waals surface area contributed by atoms with Gasteiger partial charge in [0.25, 0.3) is 0 Å². The van der Waals surface area contributed by atoms with E-state index in [1.807, 2.05) is 33.0 Å². The van der Waals surface area contributed by atoms with Crippen molar-refractivity contribution in [3.05, 3.63) is 18.3 Å². The lowest BCUT2D eigenvalue weighted by molar-refractivity contribution is 0.241. The Labute approximate surface area is 72.8 Å². The number of hydrogen-bond donors (Lipinski definition) is 1. The van der Waals surface area contributed by atoms with Crippen LogP contribution in [0.4, 0.5) is 5.82 Å². The molecule has 1 heterocycles. The highest BCUT2D eigenvalue weighted by Gasteiger charge is 1.96. The average molecular weight is 166 g/mol. The fourth-order valence-electron chi connectivity index (χ4n) is 0.870. The SMILES string of the molecule is CNc1ccc(OC(C)C)cn1. The van der Waals surface area contributed by atoms with Crippen LogP contribution >= 0.6 is 0 Å². The Hall–Kier alpha value is -1.25. The van der Waals surface area contributed by atoms with Crippen molar-refractivity contribution in [3.63, 3.8) is 0 Å². The van der Waals surface area contributed by atoms with Gasteiger partial charge in [0.1, 0.15) is 11.6 Å². The van der Waals surface area contributed by atoms with Gasteiger partial charge in [0, 0.05) is 7.05 Å². The predicted molar refractivity (Wildman–Crippen MR) is 49.5 cm³/mol. The van der Waals surface area contributed by atoms with Crippen LogP contribution < -0.4 is 10.1 Å². The van der Waals surface area contributed by atoms with Crippen molar-refractivity contribution < 1.29 is 4.74 Å². The van der Waals surface area contributed by atoms with E-state index in [2.05, 4.69) is 10.3 Å². The molecule has 0 aliphatic carbocycles. The van der Waals surface area contributed by atoms with Crippen LogP contribution in [0, 0.1) is 0 Å². The summed E-state index contributed by atoms with van der Waals surface area (Å²) in [7, 11) is 1.84. The summed E-state index contributed by atoms with van der Waals surface area (Å²) in [5.41, 5.74) is 0. The zero-order valence-electron chi connectivity index (χ0n) is 7.66. The quantitative estimate of drug-likeness (QED) is 0.744. The van der Waals surface area contributed by atoms with Crippen LogP contribution in [0.1, 0.15) is 13.8 Å². The molecule has 0 aliphatic rings. The van der Waals surface area contributed by atoms with E-state index < -0.39 is 0 Å². The highest BCUT2D eigenvalue weighted by Crippen LogP contribution is 2.12. The van der Waals surface area contributed by atoms with Crippen molar-refractivity contribution in [2.45, 2.75) is 20.0 Å². The molecule has 0 atom stereocenters. The molecular weight excluding hydrogens is 152 g/mol. The van der Waals surface area contributed by atoms with E-state index in [9.17, 15) is 0 Å². The molecule has 0 amide bonds. The van der Waals surface area contributed by atoms with Gasteiger partial charge in [-0.05, 0) is 26.0 Å². The largest absolute Gasteiger partial charge is 0.489 e. The van der Waals surface area contributed by atoms with Gasteiger partial charge in [-0.1, -0.05) is 0 Å². The molecule has 0 unspecified atom stereocenters. The predicted octanol–water partition coefficient (Wildman–Crippen LogP) is 1.91. The average Bonchev–Trinajstić information content (AvgIpc) is 2.05. The summed E-state index contributed by atoms with van der Waals surface area (Å²) in [5.74, 6) is 1.66. The number of rotatable bonds is 3. The van der Waals surface area contributed by atoms with Gasteiger partial charge < -0.3 is 10.1 Å². The molecule has 0 radical (unpaired) electrons. The van der Waals surface area contributed by atoms with E-state index in [0.717, 1.165) is 11.6 Å². The first-order chi connectivity index (χ1) is 5.72. The smallest absolute Gasteiger partial charge is 0.138 e. The van der Waals surface area contributed by atoms with Gasteiger partial charge in [0.2, 0.25) is 0 Å². The van der Waals surface area contributed by atoms with Crippen LogP contribution in [0.25, 0.3) is 0 Å². The lowest BCUT2D eigenvalue weighted by Gasteiger charge is -2.08. The maximum atomic E-state index is 5.42. The maximum Gasteiger partial charge on any atom is 0.138 e. The molecule has 1 N–H and O–H groups in total. The zero-order chi connectivity index (χ0) is 8.97. The van der Waals surface area contributed by atoms with Gasteiger partial charge in [-0.3, -0.25) is 0 Å². The van der Waals surface area contributed by atoms with Crippen molar-refractivity contribution in [1.29, 1.82) is 0 Å². The van der Waals surface area contributed by atoms with Gasteiger partial charge in [0.05, 0.1) is 12.3 Å². The molecule has 3 nitrogen and oxygen atoms in total. The minimum Gasteiger partial charge on any atom is -0.489 e. The molecule has 0 saturated heterocycles. The maximum absolute atomic E-state index is 5.42. The van der Waals surface area contributed by atoms with Crippen molar-refractivity contribution in [2.75, 3.05) is 12.4 Å². The van der Waals surface area contributed by atoms with Gasteiger partial charge in [-0.2, -0.15) is 0 Å². The van der Waals surface area contributed by atoms with Crippen LogP contribution in [0.3, 0.4) is 0 Å². The molecular formula is C9H14N2O. The molecule has 1 aromatic heterocycles. The topological polar surface area (TPSA) is 34.1 Å². The molecule has 0 fully saturated rings. The summed E-state index contributed by atoms with van der Waals surface area (Å²) in [6.07, 6.45) is 1.92. The van der Waals surface area contributed by atoms with E-state index in [0.29, 0.717) is 0 Å². The van der Waals surface area contributed by atoms with Crippen molar-refractivity contribution >= 4 is 5.82 Å². The molecule has 1 aromatic rings. The zero-order valence-corrected chi connectivity index (χ0v) is 7.66. The van der Waals surface area contributed by atoms with Crippen molar-refractivity contribution in [2.24, 2.45) is 0 Å². The lowest BCUT2D eigenvalue weighted by atomic mass is 10.4. The normalized spacial score (nSPS) is 10.0. The van der Waals surface area contributed by atoms with Gasteiger partial charge in [-0.15, -0.1) is 0 Å². The molecule has 0 saturated carbocycles. The number of pyridine rings is 1. The Morgan fingerprint density at radius 2 is 2.17 bits per heavy atom. The monoisotopic (exact) mass is 166 g/mol. The van der Waals surface area contributed by atoms with E-state index >= 15 is 0 Å². The third-order valence-corrected chi connectivity index (χ3v) is 1.36. The molecule has 0 aromatic carbocycles. The van der Waals surface area contributed by atoms with Crippen LogP contribution in [0.2, 0.25) is 0 Å². The molecule has 0 bridgehead atoms. The van der Waals surface area contributed by atoms with Gasteiger partial charge in [-0.25, -0.2) is 4.98 Å². The van der Waals surface area contributed by atoms with Crippen LogP contribution in [0.15, 0.2) is 18.3 Å². The fraction of sp³-hybridized carbons (Fsp3) is 0.444. The summed E-state index contributed by atoms with van der Waals surface area (Å²) in [5, 5.41) is 2.94.